The lowest BCUT2D eigenvalue weighted by Gasteiger charge is -2.26. The van der Waals surface area contributed by atoms with E-state index in [9.17, 15) is 18.0 Å². The van der Waals surface area contributed by atoms with Crippen molar-refractivity contribution >= 4 is 6.03 Å². The lowest BCUT2D eigenvalue weighted by molar-refractivity contribution is -0.146. The van der Waals surface area contributed by atoms with Gasteiger partial charge < -0.3 is 15.0 Å². The number of urea groups is 1. The van der Waals surface area contributed by atoms with Gasteiger partial charge in [-0.15, -0.1) is 0 Å². The minimum atomic E-state index is -4.17. The van der Waals surface area contributed by atoms with Crippen LogP contribution in [0.25, 0.3) is 0 Å². The van der Waals surface area contributed by atoms with Gasteiger partial charge in [-0.3, -0.25) is 4.90 Å². The fourth-order valence-electron chi connectivity index (χ4n) is 4.13. The van der Waals surface area contributed by atoms with E-state index in [1.807, 2.05) is 0 Å². The van der Waals surface area contributed by atoms with Gasteiger partial charge in [0.15, 0.2) is 0 Å². The van der Waals surface area contributed by atoms with Gasteiger partial charge in [0.25, 0.3) is 0 Å². The highest BCUT2D eigenvalue weighted by molar-refractivity contribution is 5.75. The molecular formula is C16H26F3N3O2. The van der Waals surface area contributed by atoms with Crippen molar-refractivity contribution in [2.75, 3.05) is 32.7 Å². The average molecular weight is 349 g/mol. The number of ether oxygens (including phenoxy) is 1. The van der Waals surface area contributed by atoms with Crippen LogP contribution in [0.15, 0.2) is 0 Å². The normalized spacial score (nSPS) is 32.8. The molecule has 0 aromatic carbocycles. The van der Waals surface area contributed by atoms with Crippen LogP contribution in [0.3, 0.4) is 0 Å². The van der Waals surface area contributed by atoms with Crippen molar-refractivity contribution in [3.63, 3.8) is 0 Å². The van der Waals surface area contributed by atoms with E-state index >= 15 is 0 Å². The Morgan fingerprint density at radius 3 is 2.71 bits per heavy atom. The van der Waals surface area contributed by atoms with E-state index in [-0.39, 0.29) is 30.2 Å². The number of nitrogens with zero attached hydrogens (tertiary/aromatic N) is 2. The Bertz CT molecular complexity index is 460. The number of hydrogen-bond acceptors (Lipinski definition) is 3. The summed E-state index contributed by atoms with van der Waals surface area (Å²) in [6.07, 6.45) is -0.0340. The molecule has 0 aromatic heterocycles. The Balaban J connectivity index is 1.43. The Kier molecular flexibility index (Phi) is 5.24. The molecule has 3 aliphatic heterocycles. The number of nitrogens with one attached hydrogen (secondary N) is 1. The van der Waals surface area contributed by atoms with Gasteiger partial charge in [-0.05, 0) is 38.1 Å². The summed E-state index contributed by atoms with van der Waals surface area (Å²) in [7, 11) is 0. The molecule has 0 saturated carbocycles. The highest BCUT2D eigenvalue weighted by Crippen LogP contribution is 2.34. The van der Waals surface area contributed by atoms with Crippen LogP contribution in [-0.4, -0.2) is 73.0 Å². The van der Waals surface area contributed by atoms with Gasteiger partial charge >= 0.3 is 12.2 Å². The molecule has 1 N–H and O–H groups in total. The maximum Gasteiger partial charge on any atom is 0.401 e. The molecule has 5 nitrogen and oxygen atoms in total. The van der Waals surface area contributed by atoms with Crippen molar-refractivity contribution in [2.24, 2.45) is 5.92 Å². The third-order valence-electron chi connectivity index (χ3n) is 5.35. The van der Waals surface area contributed by atoms with E-state index in [2.05, 4.69) is 5.32 Å². The van der Waals surface area contributed by atoms with E-state index in [1.54, 1.807) is 11.8 Å². The van der Waals surface area contributed by atoms with Crippen molar-refractivity contribution in [3.8, 4) is 0 Å². The van der Waals surface area contributed by atoms with Crippen molar-refractivity contribution in [2.45, 2.75) is 57.0 Å². The molecule has 0 aromatic rings. The first-order chi connectivity index (χ1) is 11.3. The summed E-state index contributed by atoms with van der Waals surface area (Å²) in [6, 6.07) is -0.00908. The molecule has 2 amide bonds. The van der Waals surface area contributed by atoms with Crippen LogP contribution in [0.5, 0.6) is 0 Å². The molecule has 0 spiro atoms. The van der Waals surface area contributed by atoms with Crippen molar-refractivity contribution < 1.29 is 22.7 Å². The molecule has 0 radical (unpaired) electrons. The van der Waals surface area contributed by atoms with Crippen LogP contribution in [0.1, 0.15) is 32.6 Å². The zero-order valence-corrected chi connectivity index (χ0v) is 14.0. The van der Waals surface area contributed by atoms with Crippen molar-refractivity contribution in [1.29, 1.82) is 0 Å². The molecule has 3 rings (SSSR count). The molecule has 24 heavy (non-hydrogen) atoms. The molecule has 3 heterocycles. The van der Waals surface area contributed by atoms with E-state index in [4.69, 9.17) is 4.74 Å². The van der Waals surface area contributed by atoms with Crippen molar-refractivity contribution in [3.05, 3.63) is 0 Å². The van der Waals surface area contributed by atoms with Gasteiger partial charge in [0.1, 0.15) is 0 Å². The largest absolute Gasteiger partial charge is 0.401 e. The third-order valence-corrected chi connectivity index (χ3v) is 5.35. The van der Waals surface area contributed by atoms with Crippen LogP contribution >= 0.6 is 0 Å². The second-order valence-electron chi connectivity index (χ2n) is 7.21. The number of halogens is 3. The Morgan fingerprint density at radius 1 is 1.33 bits per heavy atom. The zero-order valence-electron chi connectivity index (χ0n) is 14.0. The summed E-state index contributed by atoms with van der Waals surface area (Å²) in [6.45, 7) is 2.75. The number of carbonyl (C=O) groups is 1. The summed E-state index contributed by atoms with van der Waals surface area (Å²) in [5, 5.41) is 3.05. The molecule has 3 saturated heterocycles. The van der Waals surface area contributed by atoms with Gasteiger partial charge in [0, 0.05) is 19.6 Å². The predicted octanol–water partition coefficient (Wildman–Crippen LogP) is 2.22. The summed E-state index contributed by atoms with van der Waals surface area (Å²) in [4.78, 5) is 15.5. The number of amides is 2. The van der Waals surface area contributed by atoms with E-state index in [0.29, 0.717) is 26.2 Å². The summed E-state index contributed by atoms with van der Waals surface area (Å²) in [5.74, 6) is 0.106. The standard InChI is InChI=1S/C16H26F3N3O2/c1-2-21(10-16(17,18)19)8-11-5-6-22(9-11)15(23)20-13-7-12-3-4-14(13)24-12/h11-14H,2-10H2,1H3,(H,20,23)/t11-,12-,13-,14-/m1/s1. The second-order valence-corrected chi connectivity index (χ2v) is 7.21. The maximum atomic E-state index is 12.5. The fourth-order valence-corrected chi connectivity index (χ4v) is 4.13. The number of carbonyl (C=O) groups excluding carboxylic acids is 1. The second kappa shape index (κ2) is 7.07. The summed E-state index contributed by atoms with van der Waals surface area (Å²) < 4.78 is 43.4. The van der Waals surface area contributed by atoms with E-state index in [0.717, 1.165) is 25.7 Å². The number of fused-ring (bicyclic) bond motifs is 2. The highest BCUT2D eigenvalue weighted by Gasteiger charge is 2.42. The SMILES string of the molecule is CCN(C[C@H]1CCN(C(=O)N[C@@H]2C[C@H]3CC[C@H]2O3)C1)CC(F)(F)F. The number of alkyl halides is 3. The molecule has 4 atom stereocenters. The maximum absolute atomic E-state index is 12.5. The zero-order chi connectivity index (χ0) is 17.3. The molecular weight excluding hydrogens is 323 g/mol. The smallest absolute Gasteiger partial charge is 0.373 e. The Labute approximate surface area is 140 Å². The van der Waals surface area contributed by atoms with Crippen LogP contribution in [-0.2, 0) is 4.74 Å². The summed E-state index contributed by atoms with van der Waals surface area (Å²) >= 11 is 0. The van der Waals surface area contributed by atoms with Crippen molar-refractivity contribution in [1.82, 2.24) is 15.1 Å². The first kappa shape index (κ1) is 17.8. The lowest BCUT2D eigenvalue weighted by atomic mass is 9.96. The van der Waals surface area contributed by atoms with E-state index < -0.39 is 12.7 Å². The van der Waals surface area contributed by atoms with Gasteiger partial charge in [-0.25, -0.2) is 4.79 Å². The monoisotopic (exact) mass is 349 g/mol. The Hall–Kier alpha value is -1.02. The molecule has 8 heteroatoms. The van der Waals surface area contributed by atoms with Gasteiger partial charge in [-0.1, -0.05) is 6.92 Å². The quantitative estimate of drug-likeness (QED) is 0.828. The first-order valence-corrected chi connectivity index (χ1v) is 8.84. The minimum Gasteiger partial charge on any atom is -0.373 e. The van der Waals surface area contributed by atoms with Crippen LogP contribution in [0.2, 0.25) is 0 Å². The fraction of sp³-hybridized carbons (Fsp3) is 0.938. The number of hydrogen-bond donors (Lipinski definition) is 1. The molecule has 0 aliphatic carbocycles. The summed E-state index contributed by atoms with van der Waals surface area (Å²) in [5.41, 5.74) is 0. The average Bonchev–Trinajstić information content (AvgIpc) is 3.21. The molecule has 3 fully saturated rings. The van der Waals surface area contributed by atoms with Gasteiger partial charge in [0.05, 0.1) is 24.8 Å². The molecule has 138 valence electrons. The van der Waals surface area contributed by atoms with Gasteiger partial charge in [0.2, 0.25) is 0 Å². The predicted molar refractivity (Wildman–Crippen MR) is 82.7 cm³/mol. The van der Waals surface area contributed by atoms with Crippen LogP contribution in [0.4, 0.5) is 18.0 Å². The topological polar surface area (TPSA) is 44.8 Å². The number of rotatable bonds is 5. The first-order valence-electron chi connectivity index (χ1n) is 8.84. The molecule has 0 unspecified atom stereocenters. The highest BCUT2D eigenvalue weighted by atomic mass is 19.4. The van der Waals surface area contributed by atoms with Crippen LogP contribution < -0.4 is 5.32 Å². The van der Waals surface area contributed by atoms with Gasteiger partial charge in [-0.2, -0.15) is 13.2 Å². The number of likely N-dealkylation sites (tertiary alicyclic amines) is 1. The minimum absolute atomic E-state index is 0.0904. The lowest BCUT2D eigenvalue weighted by Crippen LogP contribution is -2.47. The molecule has 2 bridgehead atoms. The van der Waals surface area contributed by atoms with Crippen LogP contribution in [0, 0.1) is 5.92 Å². The molecule has 3 aliphatic rings. The third kappa shape index (κ3) is 4.33. The van der Waals surface area contributed by atoms with E-state index in [1.165, 1.54) is 4.90 Å². The Morgan fingerprint density at radius 2 is 2.12 bits per heavy atom.